The molecule has 1 N–H and O–H groups in total. The van der Waals surface area contributed by atoms with Crippen LogP contribution in [0.15, 0.2) is 56.2 Å². The lowest BCUT2D eigenvalue weighted by Gasteiger charge is -2.09. The van der Waals surface area contributed by atoms with E-state index in [0.717, 1.165) is 39.2 Å². The van der Waals surface area contributed by atoms with Gasteiger partial charge in [0.15, 0.2) is 5.17 Å². The van der Waals surface area contributed by atoms with E-state index in [4.69, 9.17) is 4.74 Å². The molecule has 1 aromatic carbocycles. The van der Waals surface area contributed by atoms with Gasteiger partial charge in [-0.25, -0.2) is 4.79 Å². The van der Waals surface area contributed by atoms with Gasteiger partial charge in [-0.1, -0.05) is 0 Å². The van der Waals surface area contributed by atoms with Gasteiger partial charge in [0.05, 0.1) is 42.6 Å². The predicted molar refractivity (Wildman–Crippen MR) is 113 cm³/mol. The number of halogens is 1. The number of amides is 1. The Kier molecular flexibility index (Phi) is 6.83. The summed E-state index contributed by atoms with van der Waals surface area (Å²) in [6.45, 7) is 0.526. The highest BCUT2D eigenvalue weighted by molar-refractivity contribution is 9.10. The molecule has 1 saturated heterocycles. The lowest BCUT2D eigenvalue weighted by atomic mass is 10.1. The van der Waals surface area contributed by atoms with E-state index in [9.17, 15) is 9.59 Å². The van der Waals surface area contributed by atoms with Crippen molar-refractivity contribution < 1.29 is 19.1 Å². The second-order valence-corrected chi connectivity index (χ2v) is 7.61. The molecule has 0 saturated carbocycles. The van der Waals surface area contributed by atoms with Crippen molar-refractivity contribution in [2.24, 2.45) is 10.2 Å². The highest BCUT2D eigenvalue weighted by Gasteiger charge is 2.25. The van der Waals surface area contributed by atoms with Crippen LogP contribution in [0.25, 0.3) is 0 Å². The third-order valence-electron chi connectivity index (χ3n) is 3.69. The second kappa shape index (κ2) is 9.52. The number of aromatic nitrogens is 2. The van der Waals surface area contributed by atoms with Crippen molar-refractivity contribution in [2.75, 3.05) is 14.2 Å². The molecule has 0 aliphatic carbocycles. The lowest BCUT2D eigenvalue weighted by molar-refractivity contribution is -0.135. The molecule has 1 amide bonds. The molecule has 0 unspecified atom stereocenters. The summed E-state index contributed by atoms with van der Waals surface area (Å²) in [4.78, 5) is 23.2. The molecule has 1 aromatic heterocycles. The fourth-order valence-corrected chi connectivity index (χ4v) is 3.46. The normalized spacial score (nSPS) is 16.6. The molecule has 29 heavy (non-hydrogen) atoms. The number of carbonyl (C=O) groups excluding carboxylic acids is 2. The largest absolute Gasteiger partial charge is 0.496 e. The number of amidine groups is 1. The summed E-state index contributed by atoms with van der Waals surface area (Å²) in [6, 6.07) is 5.60. The van der Waals surface area contributed by atoms with Crippen molar-refractivity contribution >= 4 is 51.0 Å². The third kappa shape index (κ3) is 5.55. The summed E-state index contributed by atoms with van der Waals surface area (Å²) < 4.78 is 12.6. The average Bonchev–Trinajstić information content (AvgIpc) is 3.27. The standard InChI is InChI=1S/C18H16BrN5O4S/c1-27-14-4-3-11(5-12(14)9-24-10-13(19)8-21-24)7-20-23-18-22-17(26)15(29-18)6-16(25)28-2/h3-8,10H,9H2,1-2H3,(H,22,23,26)/b15-6+,20-7?. The molecule has 1 aliphatic heterocycles. The minimum atomic E-state index is -0.609. The molecule has 150 valence electrons. The molecule has 3 rings (SSSR count). The number of thioether (sulfide) groups is 1. The van der Waals surface area contributed by atoms with E-state index in [1.807, 2.05) is 24.4 Å². The van der Waals surface area contributed by atoms with Gasteiger partial charge >= 0.3 is 5.97 Å². The van der Waals surface area contributed by atoms with Gasteiger partial charge in [-0.05, 0) is 51.5 Å². The smallest absolute Gasteiger partial charge is 0.331 e. The minimum absolute atomic E-state index is 0.197. The molecule has 2 aromatic rings. The summed E-state index contributed by atoms with van der Waals surface area (Å²) >= 11 is 4.39. The maximum atomic E-state index is 11.8. The number of esters is 1. The summed E-state index contributed by atoms with van der Waals surface area (Å²) in [6.07, 6.45) is 6.25. The Balaban J connectivity index is 1.73. The minimum Gasteiger partial charge on any atom is -0.496 e. The number of ether oxygens (including phenoxy) is 2. The van der Waals surface area contributed by atoms with Gasteiger partial charge in [-0.15, -0.1) is 5.10 Å². The van der Waals surface area contributed by atoms with Crippen molar-refractivity contribution in [2.45, 2.75) is 6.54 Å². The van der Waals surface area contributed by atoms with Gasteiger partial charge in [0.1, 0.15) is 5.75 Å². The van der Waals surface area contributed by atoms with Crippen LogP contribution >= 0.6 is 27.7 Å². The summed E-state index contributed by atoms with van der Waals surface area (Å²) in [7, 11) is 2.85. The highest BCUT2D eigenvalue weighted by atomic mass is 79.9. The molecule has 0 atom stereocenters. The van der Waals surface area contributed by atoms with E-state index in [0.29, 0.717) is 6.54 Å². The van der Waals surface area contributed by atoms with Crippen molar-refractivity contribution in [3.8, 4) is 5.75 Å². The van der Waals surface area contributed by atoms with Gasteiger partial charge in [0, 0.05) is 17.8 Å². The van der Waals surface area contributed by atoms with Crippen LogP contribution in [0.5, 0.6) is 5.75 Å². The Hall–Kier alpha value is -2.92. The zero-order chi connectivity index (χ0) is 20.8. The van der Waals surface area contributed by atoms with E-state index in [2.05, 4.69) is 41.3 Å². The molecule has 0 spiro atoms. The molecule has 11 heteroatoms. The van der Waals surface area contributed by atoms with Crippen LogP contribution in [0, 0.1) is 0 Å². The van der Waals surface area contributed by atoms with Gasteiger partial charge in [-0.3, -0.25) is 14.8 Å². The maximum Gasteiger partial charge on any atom is 0.331 e. The Morgan fingerprint density at radius 2 is 2.24 bits per heavy atom. The van der Waals surface area contributed by atoms with Crippen LogP contribution in [0.2, 0.25) is 0 Å². The Labute approximate surface area is 179 Å². The maximum absolute atomic E-state index is 11.8. The lowest BCUT2D eigenvalue weighted by Crippen LogP contribution is -2.19. The van der Waals surface area contributed by atoms with E-state index in [1.54, 1.807) is 24.2 Å². The molecule has 9 nitrogen and oxygen atoms in total. The SMILES string of the molecule is COC(=O)/C=C1/S/C(=N\N=Cc2ccc(OC)c(Cn3cc(Br)cn3)c2)NC1=O. The monoisotopic (exact) mass is 477 g/mol. The molecule has 2 heterocycles. The highest BCUT2D eigenvalue weighted by Crippen LogP contribution is 2.24. The number of carbonyl (C=O) groups is 2. The summed E-state index contributed by atoms with van der Waals surface area (Å²) in [5.41, 5.74) is 1.72. The fourth-order valence-electron chi connectivity index (χ4n) is 2.39. The van der Waals surface area contributed by atoms with E-state index >= 15 is 0 Å². The number of nitrogens with zero attached hydrogens (tertiary/aromatic N) is 4. The molecular formula is C18H16BrN5O4S. The van der Waals surface area contributed by atoms with Crippen molar-refractivity contribution in [1.82, 2.24) is 15.1 Å². The molecule has 1 aliphatic rings. The van der Waals surface area contributed by atoms with E-state index < -0.39 is 11.9 Å². The zero-order valence-electron chi connectivity index (χ0n) is 15.5. The first-order chi connectivity index (χ1) is 14.0. The quantitative estimate of drug-likeness (QED) is 0.296. The van der Waals surface area contributed by atoms with E-state index in [1.165, 1.54) is 7.11 Å². The van der Waals surface area contributed by atoms with Crippen LogP contribution in [0.4, 0.5) is 0 Å². The van der Waals surface area contributed by atoms with E-state index in [-0.39, 0.29) is 10.1 Å². The van der Waals surface area contributed by atoms with Gasteiger partial charge in [0.25, 0.3) is 5.91 Å². The Bertz CT molecular complexity index is 1030. The predicted octanol–water partition coefficient (Wildman–Crippen LogP) is 2.31. The number of hydrogen-bond acceptors (Lipinski definition) is 8. The van der Waals surface area contributed by atoms with Gasteiger partial charge in [-0.2, -0.15) is 10.2 Å². The van der Waals surface area contributed by atoms with Crippen LogP contribution < -0.4 is 10.1 Å². The second-order valence-electron chi connectivity index (χ2n) is 5.67. The third-order valence-corrected chi connectivity index (χ3v) is 5.00. The first-order valence-electron chi connectivity index (χ1n) is 8.23. The van der Waals surface area contributed by atoms with Gasteiger partial charge < -0.3 is 9.47 Å². The van der Waals surface area contributed by atoms with Crippen LogP contribution in [-0.2, 0) is 20.9 Å². The van der Waals surface area contributed by atoms with Crippen LogP contribution in [0.3, 0.4) is 0 Å². The molecule has 0 bridgehead atoms. The number of nitrogens with one attached hydrogen (secondary N) is 1. The topological polar surface area (TPSA) is 107 Å². The first kappa shape index (κ1) is 20.8. The number of hydrogen-bond donors (Lipinski definition) is 1. The van der Waals surface area contributed by atoms with Crippen molar-refractivity contribution in [3.63, 3.8) is 0 Å². The van der Waals surface area contributed by atoms with Crippen LogP contribution in [0.1, 0.15) is 11.1 Å². The molecule has 0 radical (unpaired) electrons. The van der Waals surface area contributed by atoms with Crippen molar-refractivity contribution in [1.29, 1.82) is 0 Å². The average molecular weight is 478 g/mol. The van der Waals surface area contributed by atoms with Gasteiger partial charge in [0.2, 0.25) is 0 Å². The Morgan fingerprint density at radius 3 is 2.93 bits per heavy atom. The number of methoxy groups -OCH3 is 2. The zero-order valence-corrected chi connectivity index (χ0v) is 17.9. The summed E-state index contributed by atoms with van der Waals surface area (Å²) in [5.74, 6) is -0.301. The Morgan fingerprint density at radius 1 is 1.41 bits per heavy atom. The fraction of sp³-hybridized carbons (Fsp3) is 0.167. The van der Waals surface area contributed by atoms with Crippen molar-refractivity contribution in [3.05, 3.63) is 57.2 Å². The summed E-state index contributed by atoms with van der Waals surface area (Å²) in [5, 5.41) is 15.0. The molecular weight excluding hydrogens is 462 g/mol. The molecule has 1 fully saturated rings. The first-order valence-corrected chi connectivity index (χ1v) is 9.84. The van der Waals surface area contributed by atoms with Crippen LogP contribution in [-0.4, -0.2) is 47.3 Å². The number of benzene rings is 1. The number of rotatable bonds is 6.